The second kappa shape index (κ2) is 34.4. The molecule has 0 spiro atoms. The lowest BCUT2D eigenvalue weighted by atomic mass is 9.80. The number of hydrogen-bond acceptors (Lipinski definition) is 12. The summed E-state index contributed by atoms with van der Waals surface area (Å²) in [4.78, 5) is 42.1. The SMILES string of the molecule is CCCCCCCCCC(=O)OC(CC(=O)O[C@@]1(OP(=O)(O)CCCC)[C@@H](OCc2ccccc2)[C@H](OCc2ccccc2)[C@@H](OCc2ccccc2)[C@H](OCc2ccccc2)[C@@H]1OCc1ccccc1)Cc1ccc(Oc2ccccc2)cc1. The molecule has 450 valence electrons. The maximum absolute atomic E-state index is 15.7. The summed E-state index contributed by atoms with van der Waals surface area (Å²) in [6, 6.07) is 64.4. The quantitative estimate of drug-likeness (QED) is 0.0172. The van der Waals surface area contributed by atoms with Gasteiger partial charge in [-0.3, -0.25) is 18.7 Å². The van der Waals surface area contributed by atoms with Crippen molar-refractivity contribution in [3.63, 3.8) is 0 Å². The fourth-order valence-electron chi connectivity index (χ4n) is 10.4. The van der Waals surface area contributed by atoms with Gasteiger partial charge in [0.2, 0.25) is 0 Å². The van der Waals surface area contributed by atoms with Gasteiger partial charge in [-0.15, -0.1) is 0 Å². The van der Waals surface area contributed by atoms with E-state index in [1.165, 1.54) is 6.42 Å². The molecule has 8 atom stereocenters. The summed E-state index contributed by atoms with van der Waals surface area (Å²) >= 11 is 0. The Morgan fingerprint density at radius 2 is 0.835 bits per heavy atom. The molecule has 13 nitrogen and oxygen atoms in total. The van der Waals surface area contributed by atoms with Crippen LogP contribution in [0, 0.1) is 0 Å². The van der Waals surface area contributed by atoms with Crippen LogP contribution >= 0.6 is 7.60 Å². The molecule has 85 heavy (non-hydrogen) atoms. The average Bonchev–Trinajstić information content (AvgIpc) is 3.43. The van der Waals surface area contributed by atoms with E-state index in [1.807, 2.05) is 213 Å². The van der Waals surface area contributed by atoms with Crippen molar-refractivity contribution in [2.45, 2.75) is 166 Å². The smallest absolute Gasteiger partial charge is 0.331 e. The molecule has 0 aromatic heterocycles. The van der Waals surface area contributed by atoms with Crippen molar-refractivity contribution < 1.29 is 61.5 Å². The first kappa shape index (κ1) is 64.2. The molecule has 0 saturated heterocycles. The van der Waals surface area contributed by atoms with E-state index in [2.05, 4.69) is 6.92 Å². The molecule has 1 aliphatic rings. The molecule has 14 heteroatoms. The number of unbranched alkanes of at least 4 members (excludes halogenated alkanes) is 7. The van der Waals surface area contributed by atoms with E-state index >= 15 is 9.36 Å². The zero-order valence-corrected chi connectivity index (χ0v) is 50.0. The highest BCUT2D eigenvalue weighted by atomic mass is 31.2. The minimum Gasteiger partial charge on any atom is -0.461 e. The van der Waals surface area contributed by atoms with Gasteiger partial charge in [-0.05, 0) is 70.5 Å². The standard InChI is InChI=1S/C71H83O13P/c1-3-5-7-8-9-10-29-42-64(72)82-63(48-55-43-45-62(46-44-55)81-61-40-27-16-28-41-61)49-65(73)83-71(84-85(74,75)47-6-4-2)69(79-53-59-36-23-14-24-37-59)67(77-51-57-32-19-12-20-33-57)66(76-50-56-30-17-11-18-31-56)68(78-52-58-34-21-13-22-35-58)70(71)80-54-60-38-25-15-26-39-60/h11-28,30-41,43-46,63,66-70H,3-10,29,42,47-54H2,1-2H3,(H,74,75)/t63?,66-,67-,68+,69-,70-,71-/m0/s1. The van der Waals surface area contributed by atoms with Gasteiger partial charge in [0.25, 0.3) is 5.79 Å². The zero-order valence-electron chi connectivity index (χ0n) is 49.1. The summed E-state index contributed by atoms with van der Waals surface area (Å²) in [5.41, 5.74) is 4.68. The summed E-state index contributed by atoms with van der Waals surface area (Å²) in [5.74, 6) is -2.77. The van der Waals surface area contributed by atoms with Crippen LogP contribution in [-0.4, -0.2) is 65.4 Å². The zero-order chi connectivity index (χ0) is 59.4. The Morgan fingerprint density at radius 3 is 1.28 bits per heavy atom. The summed E-state index contributed by atoms with van der Waals surface area (Å²) in [6.07, 6.45) is -0.521. The van der Waals surface area contributed by atoms with Crippen LogP contribution in [0.4, 0.5) is 0 Å². The predicted octanol–water partition coefficient (Wildman–Crippen LogP) is 15.6. The van der Waals surface area contributed by atoms with Gasteiger partial charge in [0.15, 0.2) is 12.2 Å². The van der Waals surface area contributed by atoms with Crippen LogP contribution in [0.15, 0.2) is 206 Å². The number of ether oxygens (including phenoxy) is 8. The molecule has 8 rings (SSSR count). The summed E-state index contributed by atoms with van der Waals surface area (Å²) in [5, 5.41) is 0. The molecule has 0 aliphatic heterocycles. The topological polar surface area (TPSA) is 155 Å². The molecular weight excluding hydrogens is 1090 g/mol. The van der Waals surface area contributed by atoms with Crippen molar-refractivity contribution in [1.29, 1.82) is 0 Å². The summed E-state index contributed by atoms with van der Waals surface area (Å²) in [7, 11) is -4.81. The number of carbonyl (C=O) groups is 2. The van der Waals surface area contributed by atoms with Crippen LogP contribution in [0.2, 0.25) is 0 Å². The van der Waals surface area contributed by atoms with Crippen molar-refractivity contribution in [2.75, 3.05) is 6.16 Å². The van der Waals surface area contributed by atoms with E-state index in [0.717, 1.165) is 65.5 Å². The van der Waals surface area contributed by atoms with Crippen LogP contribution in [-0.2, 0) is 91.3 Å². The van der Waals surface area contributed by atoms with Crippen LogP contribution in [0.25, 0.3) is 0 Å². The molecular formula is C71H83O13P. The van der Waals surface area contributed by atoms with Gasteiger partial charge in [-0.1, -0.05) is 241 Å². The van der Waals surface area contributed by atoms with Crippen LogP contribution in [0.3, 0.4) is 0 Å². The van der Waals surface area contributed by atoms with Crippen molar-refractivity contribution in [2.24, 2.45) is 0 Å². The first-order valence-electron chi connectivity index (χ1n) is 30.1. The van der Waals surface area contributed by atoms with Crippen molar-refractivity contribution in [1.82, 2.24) is 0 Å². The van der Waals surface area contributed by atoms with E-state index in [-0.39, 0.29) is 52.0 Å². The summed E-state index contributed by atoms with van der Waals surface area (Å²) < 4.78 is 77.1. The van der Waals surface area contributed by atoms with Gasteiger partial charge < -0.3 is 42.8 Å². The lowest BCUT2D eigenvalue weighted by Crippen LogP contribution is -2.75. The highest BCUT2D eigenvalue weighted by molar-refractivity contribution is 7.52. The number of carbonyl (C=O) groups excluding carboxylic acids is 2. The molecule has 1 N–H and O–H groups in total. The van der Waals surface area contributed by atoms with Gasteiger partial charge in [-0.25, -0.2) is 0 Å². The molecule has 0 heterocycles. The third-order valence-corrected chi connectivity index (χ3v) is 16.3. The van der Waals surface area contributed by atoms with Gasteiger partial charge in [0.05, 0.1) is 45.6 Å². The number of para-hydroxylation sites is 1. The average molecular weight is 1180 g/mol. The Labute approximate surface area is 502 Å². The van der Waals surface area contributed by atoms with Crippen LogP contribution < -0.4 is 4.74 Å². The second-order valence-corrected chi connectivity index (χ2v) is 23.6. The maximum Gasteiger partial charge on any atom is 0.331 e. The molecule has 7 aromatic carbocycles. The van der Waals surface area contributed by atoms with E-state index < -0.39 is 68.4 Å². The second-order valence-electron chi connectivity index (χ2n) is 21.7. The number of rotatable bonds is 36. The Balaban J connectivity index is 1.25. The fourth-order valence-corrected chi connectivity index (χ4v) is 11.9. The van der Waals surface area contributed by atoms with Crippen molar-refractivity contribution >= 4 is 19.5 Å². The first-order chi connectivity index (χ1) is 41.6. The fraction of sp³-hybridized carbons (Fsp3) is 0.380. The minimum atomic E-state index is -4.81. The minimum absolute atomic E-state index is 0.00539. The predicted molar refractivity (Wildman–Crippen MR) is 328 cm³/mol. The normalized spacial score (nSPS) is 19.5. The third kappa shape index (κ3) is 20.7. The van der Waals surface area contributed by atoms with E-state index in [0.29, 0.717) is 30.8 Å². The van der Waals surface area contributed by atoms with Crippen LogP contribution in [0.5, 0.6) is 11.5 Å². The number of esters is 2. The highest BCUT2D eigenvalue weighted by Crippen LogP contribution is 2.54. The molecule has 2 unspecified atom stereocenters. The molecule has 0 radical (unpaired) electrons. The van der Waals surface area contributed by atoms with E-state index in [1.54, 1.807) is 0 Å². The van der Waals surface area contributed by atoms with Gasteiger partial charge in [0.1, 0.15) is 35.9 Å². The van der Waals surface area contributed by atoms with Gasteiger partial charge >= 0.3 is 19.5 Å². The third-order valence-electron chi connectivity index (χ3n) is 14.8. The first-order valence-corrected chi connectivity index (χ1v) is 31.9. The molecule has 1 fully saturated rings. The van der Waals surface area contributed by atoms with Crippen LogP contribution in [0.1, 0.15) is 118 Å². The highest BCUT2D eigenvalue weighted by Gasteiger charge is 2.68. The molecule has 7 aromatic rings. The molecule has 1 saturated carbocycles. The lowest BCUT2D eigenvalue weighted by Gasteiger charge is -2.55. The molecule has 0 bridgehead atoms. The number of hydrogen-bond donors (Lipinski definition) is 1. The number of benzene rings is 7. The largest absolute Gasteiger partial charge is 0.461 e. The van der Waals surface area contributed by atoms with Gasteiger partial charge in [0, 0.05) is 12.8 Å². The lowest BCUT2D eigenvalue weighted by molar-refractivity contribution is -0.369. The summed E-state index contributed by atoms with van der Waals surface area (Å²) in [6.45, 7) is 3.98. The maximum atomic E-state index is 15.7. The Morgan fingerprint density at radius 1 is 0.447 bits per heavy atom. The van der Waals surface area contributed by atoms with Crippen molar-refractivity contribution in [3.8, 4) is 11.5 Å². The Kier molecular flexibility index (Phi) is 26.0. The van der Waals surface area contributed by atoms with E-state index in [9.17, 15) is 9.69 Å². The van der Waals surface area contributed by atoms with Crippen molar-refractivity contribution in [3.05, 3.63) is 240 Å². The Hall–Kier alpha value is -6.77. The molecule has 0 amide bonds. The monoisotopic (exact) mass is 1170 g/mol. The molecule has 1 aliphatic carbocycles. The van der Waals surface area contributed by atoms with Gasteiger partial charge in [-0.2, -0.15) is 0 Å². The van der Waals surface area contributed by atoms with E-state index in [4.69, 9.17) is 42.4 Å². The Bertz CT molecular complexity index is 2930.